The molecule has 1 atom stereocenters. The second-order valence-corrected chi connectivity index (χ2v) is 7.74. The number of ether oxygens (including phenoxy) is 2. The van der Waals surface area contributed by atoms with Gasteiger partial charge in [-0.1, -0.05) is 24.3 Å². The fourth-order valence-electron chi connectivity index (χ4n) is 2.93. The van der Waals surface area contributed by atoms with Crippen LogP contribution in [-0.4, -0.2) is 28.3 Å². The first-order valence-corrected chi connectivity index (χ1v) is 9.50. The van der Waals surface area contributed by atoms with E-state index in [4.69, 9.17) is 9.47 Å². The maximum atomic E-state index is 11.8. The molecule has 28 heavy (non-hydrogen) atoms. The molecule has 1 aliphatic rings. The third-order valence-electron chi connectivity index (χ3n) is 4.26. The highest BCUT2D eigenvalue weighted by molar-refractivity contribution is 5.70. The zero-order chi connectivity index (χ0) is 20.0. The van der Waals surface area contributed by atoms with Crippen LogP contribution >= 0.6 is 0 Å². The van der Waals surface area contributed by atoms with Crippen LogP contribution in [0.15, 0.2) is 60.7 Å². The van der Waals surface area contributed by atoms with Crippen LogP contribution in [0.1, 0.15) is 33.6 Å². The standard InChI is InChI=1S/C22H27N3O3/c1-22(2,3)28-21(26)25-17-10-8-16(9-11-17)12-13-27-20-7-5-4-6-18(20)19-14-23-15-24-19/h4-8,10-11,14-16H,9,12-13H2,1-3H3,(H,23,24)(H,25,26). The predicted molar refractivity (Wildman–Crippen MR) is 109 cm³/mol. The van der Waals surface area contributed by atoms with Gasteiger partial charge in [-0.05, 0) is 57.7 Å². The van der Waals surface area contributed by atoms with Crippen molar-refractivity contribution in [2.75, 3.05) is 6.61 Å². The van der Waals surface area contributed by atoms with Crippen LogP contribution in [0.3, 0.4) is 0 Å². The van der Waals surface area contributed by atoms with E-state index in [-0.39, 0.29) is 0 Å². The van der Waals surface area contributed by atoms with Gasteiger partial charge in [0.25, 0.3) is 0 Å². The number of nitrogens with zero attached hydrogens (tertiary/aromatic N) is 1. The van der Waals surface area contributed by atoms with Crippen molar-refractivity contribution in [3.05, 3.63) is 60.7 Å². The molecule has 0 saturated heterocycles. The Labute approximate surface area is 165 Å². The normalized spacial score (nSPS) is 16.4. The second-order valence-electron chi connectivity index (χ2n) is 7.74. The highest BCUT2D eigenvalue weighted by Gasteiger charge is 2.17. The Balaban J connectivity index is 1.46. The second kappa shape index (κ2) is 8.78. The van der Waals surface area contributed by atoms with Crippen LogP contribution in [-0.2, 0) is 4.74 Å². The quantitative estimate of drug-likeness (QED) is 0.751. The monoisotopic (exact) mass is 381 g/mol. The van der Waals surface area contributed by atoms with E-state index in [0.717, 1.165) is 35.5 Å². The van der Waals surface area contributed by atoms with E-state index >= 15 is 0 Å². The summed E-state index contributed by atoms with van der Waals surface area (Å²) in [4.78, 5) is 19.0. The highest BCUT2D eigenvalue weighted by Crippen LogP contribution is 2.28. The number of carbonyl (C=O) groups excluding carboxylic acids is 1. The smallest absolute Gasteiger partial charge is 0.412 e. The summed E-state index contributed by atoms with van der Waals surface area (Å²) in [6, 6.07) is 7.93. The molecule has 0 fully saturated rings. The summed E-state index contributed by atoms with van der Waals surface area (Å²) in [6.07, 6.45) is 10.8. The molecule has 0 aliphatic heterocycles. The molecule has 148 valence electrons. The lowest BCUT2D eigenvalue weighted by Gasteiger charge is -2.21. The summed E-state index contributed by atoms with van der Waals surface area (Å²) < 4.78 is 11.3. The number of benzene rings is 1. The Morgan fingerprint density at radius 2 is 2.14 bits per heavy atom. The topological polar surface area (TPSA) is 76.2 Å². The van der Waals surface area contributed by atoms with E-state index in [0.29, 0.717) is 12.5 Å². The number of imidazole rings is 1. The third kappa shape index (κ3) is 5.74. The SMILES string of the molecule is CC(C)(C)OC(=O)NC1=CCC(CCOc2ccccc2-c2cnc[nH]2)C=C1. The Morgan fingerprint density at radius 1 is 1.32 bits per heavy atom. The molecular weight excluding hydrogens is 354 g/mol. The molecule has 3 rings (SSSR count). The number of hydrogen-bond donors (Lipinski definition) is 2. The molecule has 0 bridgehead atoms. The molecule has 1 unspecified atom stereocenters. The average Bonchev–Trinajstić information content (AvgIpc) is 3.16. The van der Waals surface area contributed by atoms with Crippen LogP contribution < -0.4 is 10.1 Å². The van der Waals surface area contributed by atoms with E-state index in [9.17, 15) is 4.79 Å². The number of aromatic amines is 1. The Kier molecular flexibility index (Phi) is 6.19. The minimum atomic E-state index is -0.505. The molecule has 6 heteroatoms. The van der Waals surface area contributed by atoms with Crippen LogP contribution in [0.25, 0.3) is 11.3 Å². The van der Waals surface area contributed by atoms with Crippen LogP contribution in [0.2, 0.25) is 0 Å². The zero-order valence-electron chi connectivity index (χ0n) is 16.6. The molecule has 1 aromatic carbocycles. The fourth-order valence-corrected chi connectivity index (χ4v) is 2.93. The third-order valence-corrected chi connectivity index (χ3v) is 4.26. The summed E-state index contributed by atoms with van der Waals surface area (Å²) >= 11 is 0. The summed E-state index contributed by atoms with van der Waals surface area (Å²) in [5.74, 6) is 1.22. The van der Waals surface area contributed by atoms with Crippen LogP contribution in [0, 0.1) is 5.92 Å². The minimum Gasteiger partial charge on any atom is -0.493 e. The van der Waals surface area contributed by atoms with Crippen molar-refractivity contribution in [3.63, 3.8) is 0 Å². The molecular formula is C22H27N3O3. The van der Waals surface area contributed by atoms with Crippen molar-refractivity contribution in [3.8, 4) is 17.0 Å². The number of H-pyrrole nitrogens is 1. The lowest BCUT2D eigenvalue weighted by atomic mass is 9.96. The van der Waals surface area contributed by atoms with E-state index in [1.807, 2.05) is 57.2 Å². The first kappa shape index (κ1) is 19.7. The maximum Gasteiger partial charge on any atom is 0.412 e. The fraction of sp³-hybridized carbons (Fsp3) is 0.364. The molecule has 2 aromatic rings. The molecule has 0 radical (unpaired) electrons. The summed E-state index contributed by atoms with van der Waals surface area (Å²) in [5, 5.41) is 2.77. The Hall–Kier alpha value is -3.02. The molecule has 0 spiro atoms. The van der Waals surface area contributed by atoms with Crippen molar-refractivity contribution < 1.29 is 14.3 Å². The van der Waals surface area contributed by atoms with Gasteiger partial charge >= 0.3 is 6.09 Å². The Bertz CT molecular complexity index is 848. The lowest BCUT2D eigenvalue weighted by molar-refractivity contribution is 0.0547. The lowest BCUT2D eigenvalue weighted by Crippen LogP contribution is -2.32. The zero-order valence-corrected chi connectivity index (χ0v) is 16.6. The van der Waals surface area contributed by atoms with Gasteiger partial charge in [0, 0.05) is 11.3 Å². The summed E-state index contributed by atoms with van der Waals surface area (Å²) in [7, 11) is 0. The van der Waals surface area contributed by atoms with Gasteiger partial charge in [-0.3, -0.25) is 5.32 Å². The number of rotatable bonds is 6. The van der Waals surface area contributed by atoms with E-state index in [1.165, 1.54) is 0 Å². The van der Waals surface area contributed by atoms with Gasteiger partial charge < -0.3 is 14.5 Å². The number of para-hydroxylation sites is 1. The van der Waals surface area contributed by atoms with Crippen molar-refractivity contribution in [1.82, 2.24) is 15.3 Å². The van der Waals surface area contributed by atoms with Gasteiger partial charge in [-0.15, -0.1) is 0 Å². The van der Waals surface area contributed by atoms with Crippen LogP contribution in [0.5, 0.6) is 5.75 Å². The molecule has 1 aliphatic carbocycles. The van der Waals surface area contributed by atoms with Gasteiger partial charge in [-0.25, -0.2) is 9.78 Å². The molecule has 1 amide bonds. The van der Waals surface area contributed by atoms with Gasteiger partial charge in [0.2, 0.25) is 0 Å². The molecule has 6 nitrogen and oxygen atoms in total. The molecule has 0 saturated carbocycles. The van der Waals surface area contributed by atoms with Crippen molar-refractivity contribution in [2.24, 2.45) is 5.92 Å². The minimum absolute atomic E-state index is 0.378. The van der Waals surface area contributed by atoms with Gasteiger partial charge in [0.15, 0.2) is 0 Å². The van der Waals surface area contributed by atoms with Crippen molar-refractivity contribution in [2.45, 2.75) is 39.2 Å². The van der Waals surface area contributed by atoms with Gasteiger partial charge in [0.1, 0.15) is 11.4 Å². The van der Waals surface area contributed by atoms with Crippen molar-refractivity contribution >= 4 is 6.09 Å². The number of alkyl carbamates (subject to hydrolysis) is 1. The van der Waals surface area contributed by atoms with Crippen molar-refractivity contribution in [1.29, 1.82) is 0 Å². The number of amides is 1. The number of aromatic nitrogens is 2. The Morgan fingerprint density at radius 3 is 2.82 bits per heavy atom. The average molecular weight is 381 g/mol. The first-order chi connectivity index (χ1) is 13.4. The summed E-state index contributed by atoms with van der Waals surface area (Å²) in [6.45, 7) is 6.15. The van der Waals surface area contributed by atoms with Crippen LogP contribution in [0.4, 0.5) is 4.79 Å². The highest BCUT2D eigenvalue weighted by atomic mass is 16.6. The number of carbonyl (C=O) groups is 1. The molecule has 1 heterocycles. The number of allylic oxidation sites excluding steroid dienone is 3. The van der Waals surface area contributed by atoms with Gasteiger partial charge in [-0.2, -0.15) is 0 Å². The number of nitrogens with one attached hydrogen (secondary N) is 2. The first-order valence-electron chi connectivity index (χ1n) is 9.50. The van der Waals surface area contributed by atoms with Gasteiger partial charge in [0.05, 0.1) is 24.8 Å². The van der Waals surface area contributed by atoms with E-state index in [1.54, 1.807) is 12.5 Å². The maximum absolute atomic E-state index is 11.8. The predicted octanol–water partition coefficient (Wildman–Crippen LogP) is 4.83. The molecule has 2 N–H and O–H groups in total. The van der Waals surface area contributed by atoms with E-state index in [2.05, 4.69) is 21.4 Å². The van der Waals surface area contributed by atoms with E-state index < -0.39 is 11.7 Å². The summed E-state index contributed by atoms with van der Waals surface area (Å²) in [5.41, 5.74) is 2.21. The number of hydrogen-bond acceptors (Lipinski definition) is 4. The molecule has 1 aromatic heterocycles. The largest absolute Gasteiger partial charge is 0.493 e.